The van der Waals surface area contributed by atoms with Gasteiger partial charge in [-0.3, -0.25) is 4.79 Å². The van der Waals surface area contributed by atoms with E-state index in [0.29, 0.717) is 19.3 Å². The van der Waals surface area contributed by atoms with Crippen molar-refractivity contribution in [3.63, 3.8) is 0 Å². The molecular formula is C16H22ClF3N2O. The first-order valence-corrected chi connectivity index (χ1v) is 7.53. The number of benzene rings is 1. The number of nitrogens with two attached hydrogens (primary N) is 1. The van der Waals surface area contributed by atoms with Gasteiger partial charge in [-0.2, -0.15) is 13.2 Å². The van der Waals surface area contributed by atoms with Crippen molar-refractivity contribution in [2.24, 2.45) is 11.7 Å². The molecule has 0 spiro atoms. The van der Waals surface area contributed by atoms with Crippen molar-refractivity contribution in [3.8, 4) is 0 Å². The maximum absolute atomic E-state index is 12.8. The molecule has 1 aromatic rings. The predicted octanol–water partition coefficient (Wildman–Crippen LogP) is 3.22. The molecule has 7 heteroatoms. The number of halogens is 4. The minimum Gasteiger partial charge on any atom is -0.352 e. The van der Waals surface area contributed by atoms with E-state index in [1.165, 1.54) is 0 Å². The Kier molecular flexibility index (Phi) is 7.35. The largest absolute Gasteiger partial charge is 0.391 e. The molecule has 0 saturated heterocycles. The summed E-state index contributed by atoms with van der Waals surface area (Å²) in [5, 5.41) is 2.68. The summed E-state index contributed by atoms with van der Waals surface area (Å²) in [6.07, 6.45) is -2.66. The standard InChI is InChI=1S/C16H21F3N2O.ClH/c17-16(18,19)12-7-4-8-13(10-12)21-15(22)14(20)9-11-5-2-1-3-6-11;/h1-3,5-6,12-14H,4,7-10,20H2,(H,21,22);1H. The number of hydrogen-bond donors (Lipinski definition) is 2. The molecule has 3 N–H and O–H groups in total. The average molecular weight is 351 g/mol. The number of rotatable bonds is 4. The maximum Gasteiger partial charge on any atom is 0.391 e. The molecule has 0 heterocycles. The zero-order valence-corrected chi connectivity index (χ0v) is 13.5. The lowest BCUT2D eigenvalue weighted by Crippen LogP contribution is -2.48. The third-order valence-electron chi connectivity index (χ3n) is 4.12. The summed E-state index contributed by atoms with van der Waals surface area (Å²) in [4.78, 5) is 12.1. The van der Waals surface area contributed by atoms with Crippen LogP contribution in [-0.4, -0.2) is 24.2 Å². The fourth-order valence-corrected chi connectivity index (χ4v) is 2.89. The summed E-state index contributed by atoms with van der Waals surface area (Å²) < 4.78 is 38.3. The van der Waals surface area contributed by atoms with Crippen LogP contribution in [0.5, 0.6) is 0 Å². The predicted molar refractivity (Wildman–Crippen MR) is 85.3 cm³/mol. The first-order valence-electron chi connectivity index (χ1n) is 7.53. The van der Waals surface area contributed by atoms with Gasteiger partial charge in [-0.1, -0.05) is 36.8 Å². The van der Waals surface area contributed by atoms with Gasteiger partial charge in [0.05, 0.1) is 12.0 Å². The number of hydrogen-bond acceptors (Lipinski definition) is 2. The first kappa shape index (κ1) is 19.8. The summed E-state index contributed by atoms with van der Waals surface area (Å²) >= 11 is 0. The van der Waals surface area contributed by atoms with Gasteiger partial charge in [0, 0.05) is 6.04 Å². The van der Waals surface area contributed by atoms with Gasteiger partial charge in [0.2, 0.25) is 5.91 Å². The highest BCUT2D eigenvalue weighted by Crippen LogP contribution is 2.37. The zero-order chi connectivity index (χ0) is 16.2. The van der Waals surface area contributed by atoms with Gasteiger partial charge >= 0.3 is 6.18 Å². The quantitative estimate of drug-likeness (QED) is 0.876. The lowest BCUT2D eigenvalue weighted by Gasteiger charge is -2.31. The minimum absolute atomic E-state index is 0. The second-order valence-corrected chi connectivity index (χ2v) is 5.91. The molecule has 0 aromatic heterocycles. The molecule has 1 fully saturated rings. The van der Waals surface area contributed by atoms with Crippen LogP contribution >= 0.6 is 12.4 Å². The Balaban J connectivity index is 0.00000264. The molecule has 1 aromatic carbocycles. The lowest BCUT2D eigenvalue weighted by molar-refractivity contribution is -0.184. The van der Waals surface area contributed by atoms with Crippen molar-refractivity contribution in [2.45, 2.75) is 50.4 Å². The van der Waals surface area contributed by atoms with E-state index in [4.69, 9.17) is 5.73 Å². The molecular weight excluding hydrogens is 329 g/mol. The van der Waals surface area contributed by atoms with E-state index in [9.17, 15) is 18.0 Å². The van der Waals surface area contributed by atoms with Crippen molar-refractivity contribution in [1.82, 2.24) is 5.32 Å². The molecule has 3 atom stereocenters. The zero-order valence-electron chi connectivity index (χ0n) is 12.7. The van der Waals surface area contributed by atoms with Crippen LogP contribution in [0.2, 0.25) is 0 Å². The van der Waals surface area contributed by atoms with Crippen LogP contribution in [0.25, 0.3) is 0 Å². The highest BCUT2D eigenvalue weighted by Gasteiger charge is 2.42. The molecule has 3 nitrogen and oxygen atoms in total. The van der Waals surface area contributed by atoms with E-state index in [1.54, 1.807) is 0 Å². The van der Waals surface area contributed by atoms with E-state index in [0.717, 1.165) is 5.56 Å². The molecule has 0 aliphatic heterocycles. The van der Waals surface area contributed by atoms with Crippen molar-refractivity contribution >= 4 is 18.3 Å². The van der Waals surface area contributed by atoms with Crippen LogP contribution in [0.3, 0.4) is 0 Å². The van der Waals surface area contributed by atoms with Gasteiger partial charge in [0.15, 0.2) is 0 Å². The van der Waals surface area contributed by atoms with Crippen molar-refractivity contribution < 1.29 is 18.0 Å². The number of alkyl halides is 3. The monoisotopic (exact) mass is 350 g/mol. The van der Waals surface area contributed by atoms with Crippen LogP contribution in [0.1, 0.15) is 31.2 Å². The fourth-order valence-electron chi connectivity index (χ4n) is 2.89. The van der Waals surface area contributed by atoms with Crippen LogP contribution < -0.4 is 11.1 Å². The first-order chi connectivity index (χ1) is 10.4. The van der Waals surface area contributed by atoms with Gasteiger partial charge in [-0.15, -0.1) is 12.4 Å². The van der Waals surface area contributed by atoms with E-state index in [2.05, 4.69) is 5.32 Å². The van der Waals surface area contributed by atoms with Crippen molar-refractivity contribution in [3.05, 3.63) is 35.9 Å². The highest BCUT2D eigenvalue weighted by molar-refractivity contribution is 5.85. The van der Waals surface area contributed by atoms with Gasteiger partial charge in [0.1, 0.15) is 0 Å². The molecule has 0 bridgehead atoms. The van der Waals surface area contributed by atoms with Crippen LogP contribution in [0.4, 0.5) is 13.2 Å². The molecule has 0 radical (unpaired) electrons. The average Bonchev–Trinajstić information content (AvgIpc) is 2.47. The number of amides is 1. The third kappa shape index (κ3) is 6.03. The Hall–Kier alpha value is -1.27. The summed E-state index contributed by atoms with van der Waals surface area (Å²) in [6, 6.07) is 8.14. The summed E-state index contributed by atoms with van der Waals surface area (Å²) in [5.41, 5.74) is 6.78. The third-order valence-corrected chi connectivity index (χ3v) is 4.12. The fraction of sp³-hybridized carbons (Fsp3) is 0.562. The Morgan fingerprint density at radius 3 is 2.52 bits per heavy atom. The maximum atomic E-state index is 12.8. The Labute approximate surface area is 140 Å². The Bertz CT molecular complexity index is 496. The summed E-state index contributed by atoms with van der Waals surface area (Å²) in [6.45, 7) is 0. The van der Waals surface area contributed by atoms with Gasteiger partial charge in [0.25, 0.3) is 0 Å². The van der Waals surface area contributed by atoms with Gasteiger partial charge < -0.3 is 11.1 Å². The normalized spacial score (nSPS) is 22.8. The van der Waals surface area contributed by atoms with E-state index >= 15 is 0 Å². The van der Waals surface area contributed by atoms with Crippen molar-refractivity contribution in [1.29, 1.82) is 0 Å². The SMILES string of the molecule is Cl.NC(Cc1ccccc1)C(=O)NC1CCCC(C(F)(F)F)C1. The number of carbonyl (C=O) groups excluding carboxylic acids is 1. The van der Waals surface area contributed by atoms with Crippen LogP contribution in [-0.2, 0) is 11.2 Å². The van der Waals surface area contributed by atoms with Crippen molar-refractivity contribution in [2.75, 3.05) is 0 Å². The second kappa shape index (κ2) is 8.55. The van der Waals surface area contributed by atoms with E-state index < -0.39 is 24.2 Å². The smallest absolute Gasteiger partial charge is 0.352 e. The van der Waals surface area contributed by atoms with E-state index in [-0.39, 0.29) is 31.2 Å². The topological polar surface area (TPSA) is 55.1 Å². The van der Waals surface area contributed by atoms with Crippen LogP contribution in [0, 0.1) is 5.92 Å². The molecule has 2 rings (SSSR count). The Morgan fingerprint density at radius 2 is 1.91 bits per heavy atom. The molecule has 3 unspecified atom stereocenters. The molecule has 1 saturated carbocycles. The molecule has 23 heavy (non-hydrogen) atoms. The van der Waals surface area contributed by atoms with Gasteiger partial charge in [-0.05, 0) is 31.2 Å². The summed E-state index contributed by atoms with van der Waals surface area (Å²) in [7, 11) is 0. The molecule has 130 valence electrons. The lowest BCUT2D eigenvalue weighted by atomic mass is 9.85. The highest BCUT2D eigenvalue weighted by atomic mass is 35.5. The molecule has 1 amide bonds. The molecule has 1 aliphatic carbocycles. The minimum atomic E-state index is -4.18. The molecule has 1 aliphatic rings. The number of nitrogens with one attached hydrogen (secondary N) is 1. The summed E-state index contributed by atoms with van der Waals surface area (Å²) in [5.74, 6) is -1.70. The number of carbonyl (C=O) groups is 1. The second-order valence-electron chi connectivity index (χ2n) is 5.91. The Morgan fingerprint density at radius 1 is 1.26 bits per heavy atom. The van der Waals surface area contributed by atoms with E-state index in [1.807, 2.05) is 30.3 Å². The van der Waals surface area contributed by atoms with Crippen LogP contribution in [0.15, 0.2) is 30.3 Å². The van der Waals surface area contributed by atoms with Gasteiger partial charge in [-0.25, -0.2) is 0 Å².